The van der Waals surface area contributed by atoms with Gasteiger partial charge in [-0.1, -0.05) is 30.3 Å². The molecule has 0 bridgehead atoms. The standard InChI is InChI=1S/C19H21N3OS/c1-15-20-12-19(22(15)18-9-4-3-5-10-18)13-21-17-8-6-7-16(11-17)14-24(2)23/h3-12,21H,13-14H2,1-2H3. The van der Waals surface area contributed by atoms with Gasteiger partial charge >= 0.3 is 0 Å². The molecule has 24 heavy (non-hydrogen) atoms. The molecular weight excluding hydrogens is 318 g/mol. The van der Waals surface area contributed by atoms with Gasteiger partial charge in [0, 0.05) is 34.2 Å². The Bertz CT molecular complexity index is 843. The number of imidazole rings is 1. The fourth-order valence-corrected chi connectivity index (χ4v) is 3.39. The van der Waals surface area contributed by atoms with Crippen LogP contribution in [0.2, 0.25) is 0 Å². The molecule has 0 radical (unpaired) electrons. The van der Waals surface area contributed by atoms with Crippen LogP contribution in [-0.4, -0.2) is 20.0 Å². The summed E-state index contributed by atoms with van der Waals surface area (Å²) in [7, 11) is -0.832. The molecule has 1 heterocycles. The number of benzene rings is 2. The Morgan fingerprint density at radius 1 is 1.12 bits per heavy atom. The Hall–Kier alpha value is -2.40. The lowest BCUT2D eigenvalue weighted by Crippen LogP contribution is -2.07. The molecule has 1 aromatic heterocycles. The summed E-state index contributed by atoms with van der Waals surface area (Å²) >= 11 is 0. The molecule has 0 saturated heterocycles. The molecule has 0 amide bonds. The van der Waals surface area contributed by atoms with Crippen molar-refractivity contribution in [3.05, 3.63) is 77.9 Å². The lowest BCUT2D eigenvalue weighted by Gasteiger charge is -2.12. The fraction of sp³-hybridized carbons (Fsp3) is 0.211. The summed E-state index contributed by atoms with van der Waals surface area (Å²) in [6.45, 7) is 2.68. The smallest absolute Gasteiger partial charge is 0.110 e. The minimum Gasteiger partial charge on any atom is -0.379 e. The van der Waals surface area contributed by atoms with Gasteiger partial charge < -0.3 is 5.32 Å². The van der Waals surface area contributed by atoms with Crippen molar-refractivity contribution in [3.8, 4) is 5.69 Å². The average molecular weight is 339 g/mol. The minimum atomic E-state index is -0.832. The third-order valence-corrected chi connectivity index (χ3v) is 4.54. The number of nitrogens with one attached hydrogen (secondary N) is 1. The van der Waals surface area contributed by atoms with Crippen molar-refractivity contribution >= 4 is 16.5 Å². The van der Waals surface area contributed by atoms with E-state index in [1.165, 1.54) is 0 Å². The molecule has 0 spiro atoms. The van der Waals surface area contributed by atoms with Crippen LogP contribution in [0.3, 0.4) is 0 Å². The lowest BCUT2D eigenvalue weighted by atomic mass is 10.2. The highest BCUT2D eigenvalue weighted by Gasteiger charge is 2.08. The van der Waals surface area contributed by atoms with Crippen LogP contribution < -0.4 is 5.32 Å². The summed E-state index contributed by atoms with van der Waals surface area (Å²) in [5.74, 6) is 1.55. The van der Waals surface area contributed by atoms with E-state index in [1.807, 2.05) is 49.5 Å². The molecular formula is C19H21N3OS. The van der Waals surface area contributed by atoms with Crippen LogP contribution in [0.4, 0.5) is 5.69 Å². The maximum Gasteiger partial charge on any atom is 0.110 e. The molecule has 1 atom stereocenters. The van der Waals surface area contributed by atoms with E-state index in [4.69, 9.17) is 0 Å². The normalized spacial score (nSPS) is 12.1. The second kappa shape index (κ2) is 7.45. The third-order valence-electron chi connectivity index (χ3n) is 3.80. The first-order valence-corrected chi connectivity index (χ1v) is 9.57. The highest BCUT2D eigenvalue weighted by molar-refractivity contribution is 7.83. The maximum absolute atomic E-state index is 11.4. The second-order valence-electron chi connectivity index (χ2n) is 5.74. The van der Waals surface area contributed by atoms with Crippen molar-refractivity contribution in [1.29, 1.82) is 0 Å². The quantitative estimate of drug-likeness (QED) is 0.745. The summed E-state index contributed by atoms with van der Waals surface area (Å²) in [4.78, 5) is 4.44. The van der Waals surface area contributed by atoms with Crippen molar-refractivity contribution < 1.29 is 4.21 Å². The number of rotatable bonds is 6. The van der Waals surface area contributed by atoms with E-state index in [-0.39, 0.29) is 0 Å². The summed E-state index contributed by atoms with van der Waals surface area (Å²) in [5, 5.41) is 3.44. The molecule has 3 rings (SSSR count). The lowest BCUT2D eigenvalue weighted by molar-refractivity contribution is 0.686. The van der Waals surface area contributed by atoms with Gasteiger partial charge in [0.05, 0.1) is 18.4 Å². The topological polar surface area (TPSA) is 46.9 Å². The van der Waals surface area contributed by atoms with Crippen molar-refractivity contribution in [3.63, 3.8) is 0 Å². The SMILES string of the molecule is Cc1ncc(CNc2cccc(CS(C)=O)c2)n1-c1ccccc1. The average Bonchev–Trinajstić information content (AvgIpc) is 2.94. The Labute approximate surface area is 145 Å². The molecule has 124 valence electrons. The molecule has 2 aromatic carbocycles. The molecule has 0 aliphatic rings. The van der Waals surface area contributed by atoms with Crippen LogP contribution in [0.5, 0.6) is 0 Å². The van der Waals surface area contributed by atoms with Crippen molar-refractivity contribution in [2.45, 2.75) is 19.2 Å². The molecule has 0 aliphatic heterocycles. The Kier molecular flexibility index (Phi) is 5.11. The number of anilines is 1. The van der Waals surface area contributed by atoms with E-state index in [0.717, 1.165) is 28.5 Å². The zero-order chi connectivity index (χ0) is 16.9. The predicted molar refractivity (Wildman–Crippen MR) is 99.8 cm³/mol. The fourth-order valence-electron chi connectivity index (χ4n) is 2.74. The molecule has 5 heteroatoms. The molecule has 1 unspecified atom stereocenters. The van der Waals surface area contributed by atoms with Crippen LogP contribution in [0.15, 0.2) is 60.8 Å². The number of aromatic nitrogens is 2. The van der Waals surface area contributed by atoms with E-state index in [2.05, 4.69) is 33.1 Å². The van der Waals surface area contributed by atoms with E-state index in [1.54, 1.807) is 6.26 Å². The first kappa shape index (κ1) is 16.5. The Morgan fingerprint density at radius 2 is 1.92 bits per heavy atom. The Morgan fingerprint density at radius 3 is 2.67 bits per heavy atom. The monoisotopic (exact) mass is 339 g/mol. The van der Waals surface area contributed by atoms with Gasteiger partial charge in [0.1, 0.15) is 5.82 Å². The van der Waals surface area contributed by atoms with Gasteiger partial charge in [-0.25, -0.2) is 4.98 Å². The van der Waals surface area contributed by atoms with E-state index >= 15 is 0 Å². The molecule has 1 N–H and O–H groups in total. The summed E-state index contributed by atoms with van der Waals surface area (Å²) < 4.78 is 13.5. The van der Waals surface area contributed by atoms with Gasteiger partial charge in [0.25, 0.3) is 0 Å². The number of hydrogen-bond acceptors (Lipinski definition) is 3. The van der Waals surface area contributed by atoms with Crippen LogP contribution >= 0.6 is 0 Å². The summed E-state index contributed by atoms with van der Waals surface area (Å²) in [5.41, 5.74) is 4.31. The third kappa shape index (κ3) is 3.92. The van der Waals surface area contributed by atoms with Crippen LogP contribution in [0.25, 0.3) is 5.69 Å². The van der Waals surface area contributed by atoms with Crippen LogP contribution in [-0.2, 0) is 23.1 Å². The van der Waals surface area contributed by atoms with Crippen molar-refractivity contribution in [2.24, 2.45) is 0 Å². The van der Waals surface area contributed by atoms with Gasteiger partial charge in [-0.3, -0.25) is 8.78 Å². The second-order valence-corrected chi connectivity index (χ2v) is 7.17. The molecule has 4 nitrogen and oxygen atoms in total. The maximum atomic E-state index is 11.4. The van der Waals surface area contributed by atoms with Gasteiger partial charge in [-0.15, -0.1) is 0 Å². The Balaban J connectivity index is 1.78. The molecule has 0 aliphatic carbocycles. The highest BCUT2D eigenvalue weighted by atomic mass is 32.2. The van der Waals surface area contributed by atoms with Gasteiger partial charge in [-0.2, -0.15) is 0 Å². The van der Waals surface area contributed by atoms with Crippen molar-refractivity contribution in [2.75, 3.05) is 11.6 Å². The van der Waals surface area contributed by atoms with E-state index in [0.29, 0.717) is 12.3 Å². The number of para-hydroxylation sites is 1. The first-order valence-electron chi connectivity index (χ1n) is 7.85. The highest BCUT2D eigenvalue weighted by Crippen LogP contribution is 2.17. The van der Waals surface area contributed by atoms with Crippen molar-refractivity contribution in [1.82, 2.24) is 9.55 Å². The number of hydrogen-bond donors (Lipinski definition) is 1. The summed E-state index contributed by atoms with van der Waals surface area (Å²) in [6.07, 6.45) is 3.63. The minimum absolute atomic E-state index is 0.580. The first-order chi connectivity index (χ1) is 11.6. The molecule has 0 saturated carbocycles. The van der Waals surface area contributed by atoms with E-state index in [9.17, 15) is 4.21 Å². The zero-order valence-electron chi connectivity index (χ0n) is 13.9. The van der Waals surface area contributed by atoms with Gasteiger partial charge in [0.15, 0.2) is 0 Å². The molecule has 0 fully saturated rings. The van der Waals surface area contributed by atoms with E-state index < -0.39 is 10.8 Å². The number of aryl methyl sites for hydroxylation is 1. The predicted octanol–water partition coefficient (Wildman–Crippen LogP) is 3.67. The largest absolute Gasteiger partial charge is 0.379 e. The number of nitrogens with zero attached hydrogens (tertiary/aromatic N) is 2. The molecule has 3 aromatic rings. The summed E-state index contributed by atoms with van der Waals surface area (Å²) in [6, 6.07) is 18.3. The van der Waals surface area contributed by atoms with Gasteiger partial charge in [-0.05, 0) is 36.8 Å². The van der Waals surface area contributed by atoms with Crippen LogP contribution in [0.1, 0.15) is 17.1 Å². The van der Waals surface area contributed by atoms with Gasteiger partial charge in [0.2, 0.25) is 0 Å². The zero-order valence-corrected chi connectivity index (χ0v) is 14.7. The van der Waals surface area contributed by atoms with Crippen LogP contribution in [0, 0.1) is 6.92 Å².